The predicted molar refractivity (Wildman–Crippen MR) is 120 cm³/mol. The molecule has 0 bridgehead atoms. The number of hydrogen-bond donors (Lipinski definition) is 1. The zero-order chi connectivity index (χ0) is 22.6. The number of phenolic OH excluding ortho intramolecular Hbond substituents is 1. The van der Waals surface area contributed by atoms with Gasteiger partial charge in [0.2, 0.25) is 0 Å². The van der Waals surface area contributed by atoms with E-state index >= 15 is 0 Å². The monoisotopic (exact) mass is 424 g/mol. The van der Waals surface area contributed by atoms with E-state index in [1.165, 1.54) is 19.3 Å². The highest BCUT2D eigenvalue weighted by Gasteiger charge is 2.09. The molecule has 6 nitrogen and oxygen atoms in total. The topological polar surface area (TPSA) is 82.1 Å². The zero-order valence-corrected chi connectivity index (χ0v) is 17.9. The molecule has 0 amide bonds. The Morgan fingerprint density at radius 2 is 1.90 bits per heavy atom. The van der Waals surface area contributed by atoms with E-state index in [9.17, 15) is 14.7 Å². The standard InChI is InChI=1S/C25H28O6/c1-4-7-19-16-20(24(29-3)17-23(19)27)11-14-22(26)18-9-12-21(13-10-18)31-15-6-8-25(28)30-5-2/h4,9-14,16-17,27H,1,5-8,15H2,2-3H3/b14-11+. The van der Waals surface area contributed by atoms with Gasteiger partial charge >= 0.3 is 5.97 Å². The number of esters is 1. The van der Waals surface area contributed by atoms with Gasteiger partial charge in [-0.05, 0) is 67.8 Å². The molecule has 1 N–H and O–H groups in total. The van der Waals surface area contributed by atoms with Crippen LogP contribution in [0.3, 0.4) is 0 Å². The number of carbonyl (C=O) groups excluding carboxylic acids is 2. The van der Waals surface area contributed by atoms with Crippen molar-refractivity contribution in [1.82, 2.24) is 0 Å². The average Bonchev–Trinajstić information content (AvgIpc) is 2.77. The van der Waals surface area contributed by atoms with E-state index in [0.29, 0.717) is 60.7 Å². The van der Waals surface area contributed by atoms with Crippen molar-refractivity contribution in [2.75, 3.05) is 20.3 Å². The van der Waals surface area contributed by atoms with Crippen LogP contribution in [0, 0.1) is 0 Å². The highest BCUT2D eigenvalue weighted by atomic mass is 16.5. The van der Waals surface area contributed by atoms with Crippen molar-refractivity contribution in [2.45, 2.75) is 26.2 Å². The molecular weight excluding hydrogens is 396 g/mol. The van der Waals surface area contributed by atoms with Gasteiger partial charge in [0.1, 0.15) is 17.2 Å². The third-order valence-corrected chi connectivity index (χ3v) is 4.45. The van der Waals surface area contributed by atoms with E-state index in [1.807, 2.05) is 0 Å². The summed E-state index contributed by atoms with van der Waals surface area (Å²) in [6, 6.07) is 10.1. The number of ether oxygens (including phenoxy) is 3. The Bertz CT molecular complexity index is 928. The second kappa shape index (κ2) is 12.2. The molecule has 0 aromatic heterocycles. The van der Waals surface area contributed by atoms with Gasteiger partial charge in [-0.15, -0.1) is 6.58 Å². The summed E-state index contributed by atoms with van der Waals surface area (Å²) in [4.78, 5) is 23.8. The number of carbonyl (C=O) groups is 2. The lowest BCUT2D eigenvalue weighted by molar-refractivity contribution is -0.143. The normalized spacial score (nSPS) is 10.6. The number of rotatable bonds is 12. The Balaban J connectivity index is 1.98. The quantitative estimate of drug-likeness (QED) is 0.174. The minimum Gasteiger partial charge on any atom is -0.508 e. The van der Waals surface area contributed by atoms with Crippen LogP contribution >= 0.6 is 0 Å². The Hall–Kier alpha value is -3.54. The van der Waals surface area contributed by atoms with E-state index in [2.05, 4.69) is 6.58 Å². The van der Waals surface area contributed by atoms with Crippen LogP contribution in [0.2, 0.25) is 0 Å². The van der Waals surface area contributed by atoms with Gasteiger partial charge in [0.25, 0.3) is 0 Å². The molecular formula is C25H28O6. The van der Waals surface area contributed by atoms with E-state index in [-0.39, 0.29) is 17.5 Å². The van der Waals surface area contributed by atoms with Gasteiger partial charge in [-0.3, -0.25) is 9.59 Å². The fourth-order valence-electron chi connectivity index (χ4n) is 2.88. The maximum absolute atomic E-state index is 12.5. The minimum atomic E-state index is -0.235. The Morgan fingerprint density at radius 1 is 1.16 bits per heavy atom. The molecule has 0 unspecified atom stereocenters. The molecule has 0 atom stereocenters. The molecule has 0 aliphatic rings. The molecule has 164 valence electrons. The van der Waals surface area contributed by atoms with Crippen molar-refractivity contribution < 1.29 is 28.9 Å². The summed E-state index contributed by atoms with van der Waals surface area (Å²) < 4.78 is 15.8. The highest BCUT2D eigenvalue weighted by Crippen LogP contribution is 2.30. The summed E-state index contributed by atoms with van der Waals surface area (Å²) in [7, 11) is 1.51. The number of hydrogen-bond acceptors (Lipinski definition) is 6. The Morgan fingerprint density at radius 3 is 2.55 bits per heavy atom. The van der Waals surface area contributed by atoms with Crippen molar-refractivity contribution in [3.63, 3.8) is 0 Å². The lowest BCUT2D eigenvalue weighted by Gasteiger charge is -2.09. The lowest BCUT2D eigenvalue weighted by Crippen LogP contribution is -2.06. The Kier molecular flexibility index (Phi) is 9.36. The van der Waals surface area contributed by atoms with Crippen LogP contribution in [0.5, 0.6) is 17.2 Å². The lowest BCUT2D eigenvalue weighted by atomic mass is 10.0. The molecule has 0 radical (unpaired) electrons. The predicted octanol–water partition coefficient (Wildman–Crippen LogP) is 4.75. The highest BCUT2D eigenvalue weighted by molar-refractivity contribution is 6.07. The van der Waals surface area contributed by atoms with E-state index in [4.69, 9.17) is 14.2 Å². The molecule has 0 aliphatic heterocycles. The van der Waals surface area contributed by atoms with Gasteiger partial charge in [0.15, 0.2) is 5.78 Å². The van der Waals surface area contributed by atoms with Crippen molar-refractivity contribution in [3.8, 4) is 17.2 Å². The number of aromatic hydroxyl groups is 1. The van der Waals surface area contributed by atoms with Crippen LogP contribution < -0.4 is 9.47 Å². The zero-order valence-electron chi connectivity index (χ0n) is 17.9. The van der Waals surface area contributed by atoms with Crippen molar-refractivity contribution in [1.29, 1.82) is 0 Å². The molecule has 0 saturated heterocycles. The molecule has 0 saturated carbocycles. The molecule has 0 heterocycles. The molecule has 6 heteroatoms. The van der Waals surface area contributed by atoms with Crippen molar-refractivity contribution >= 4 is 17.8 Å². The summed E-state index contributed by atoms with van der Waals surface area (Å²) in [5.41, 5.74) is 1.90. The number of ketones is 1. The number of benzene rings is 2. The summed E-state index contributed by atoms with van der Waals surface area (Å²) >= 11 is 0. The minimum absolute atomic E-state index is 0.123. The first-order valence-electron chi connectivity index (χ1n) is 10.1. The maximum atomic E-state index is 12.5. The summed E-state index contributed by atoms with van der Waals surface area (Å²) in [6.45, 7) is 6.22. The van der Waals surface area contributed by atoms with Crippen molar-refractivity contribution in [2.24, 2.45) is 0 Å². The van der Waals surface area contributed by atoms with Gasteiger partial charge in [-0.25, -0.2) is 0 Å². The number of methoxy groups -OCH3 is 1. The van der Waals surface area contributed by atoms with Crippen LogP contribution in [0.15, 0.2) is 55.1 Å². The van der Waals surface area contributed by atoms with Crippen LogP contribution in [-0.4, -0.2) is 37.2 Å². The molecule has 2 rings (SSSR count). The van der Waals surface area contributed by atoms with E-state index < -0.39 is 0 Å². The first-order chi connectivity index (χ1) is 15.0. The van der Waals surface area contributed by atoms with Gasteiger partial charge in [-0.2, -0.15) is 0 Å². The number of phenols is 1. The number of allylic oxidation sites excluding steroid dienone is 2. The molecule has 31 heavy (non-hydrogen) atoms. The average molecular weight is 424 g/mol. The molecule has 2 aromatic rings. The van der Waals surface area contributed by atoms with E-state index in [1.54, 1.807) is 49.4 Å². The van der Waals surface area contributed by atoms with E-state index in [0.717, 1.165) is 0 Å². The fourth-order valence-corrected chi connectivity index (χ4v) is 2.88. The first kappa shape index (κ1) is 23.7. The second-order valence-electron chi connectivity index (χ2n) is 6.69. The molecule has 2 aromatic carbocycles. The third-order valence-electron chi connectivity index (χ3n) is 4.45. The fraction of sp³-hybridized carbons (Fsp3) is 0.280. The van der Waals surface area contributed by atoms with Gasteiger partial charge < -0.3 is 19.3 Å². The smallest absolute Gasteiger partial charge is 0.305 e. The van der Waals surface area contributed by atoms with Crippen LogP contribution in [0.1, 0.15) is 41.3 Å². The Labute approximate surface area is 182 Å². The molecule has 0 aliphatic carbocycles. The second-order valence-corrected chi connectivity index (χ2v) is 6.69. The SMILES string of the molecule is C=CCc1cc(/C=C/C(=O)c2ccc(OCCCC(=O)OCC)cc2)c(OC)cc1O. The molecule has 0 spiro atoms. The summed E-state index contributed by atoms with van der Waals surface area (Å²) in [6.07, 6.45) is 6.19. The summed E-state index contributed by atoms with van der Waals surface area (Å²) in [5, 5.41) is 10.0. The third kappa shape index (κ3) is 7.33. The first-order valence-corrected chi connectivity index (χ1v) is 10.1. The van der Waals surface area contributed by atoms with Crippen LogP contribution in [-0.2, 0) is 16.0 Å². The van der Waals surface area contributed by atoms with Crippen LogP contribution in [0.25, 0.3) is 6.08 Å². The maximum Gasteiger partial charge on any atom is 0.305 e. The summed E-state index contributed by atoms with van der Waals surface area (Å²) in [5.74, 6) is 0.813. The van der Waals surface area contributed by atoms with Gasteiger partial charge in [-0.1, -0.05) is 6.08 Å². The largest absolute Gasteiger partial charge is 0.508 e. The van der Waals surface area contributed by atoms with Gasteiger partial charge in [0, 0.05) is 23.6 Å². The van der Waals surface area contributed by atoms with Crippen LogP contribution in [0.4, 0.5) is 0 Å². The van der Waals surface area contributed by atoms with Crippen molar-refractivity contribution in [3.05, 3.63) is 71.8 Å². The molecule has 0 fully saturated rings. The van der Waals surface area contributed by atoms with Gasteiger partial charge in [0.05, 0.1) is 20.3 Å².